The maximum absolute atomic E-state index is 10.1. The van der Waals surface area contributed by atoms with E-state index in [1.54, 1.807) is 0 Å². The molecule has 0 aromatic rings. The Labute approximate surface area is 275 Å². The fraction of sp³-hybridized carbons (Fsp3) is 0.875. The molecule has 0 heterocycles. The van der Waals surface area contributed by atoms with Crippen LogP contribution in [0.25, 0.3) is 0 Å². The van der Waals surface area contributed by atoms with Crippen LogP contribution in [0.3, 0.4) is 0 Å². The molecule has 234 valence electrons. The minimum Gasteiger partial charge on any atom is -1.00 e. The van der Waals surface area contributed by atoms with Crippen LogP contribution in [0.2, 0.25) is 0 Å². The molecule has 0 aliphatic carbocycles. The van der Waals surface area contributed by atoms with E-state index in [-0.39, 0.29) is 74.7 Å². The zero-order valence-electron chi connectivity index (χ0n) is 26.5. The van der Waals surface area contributed by atoms with Crippen molar-refractivity contribution >= 4 is 25.1 Å². The zero-order valence-corrected chi connectivity index (χ0v) is 30.5. The van der Waals surface area contributed by atoms with Crippen molar-refractivity contribution in [2.24, 2.45) is 23.7 Å². The number of hydrogen-bond acceptors (Lipinski definition) is 4. The normalized spacial score (nSPS) is 12.1. The quantitative estimate of drug-likeness (QED) is 0.187. The van der Waals surface area contributed by atoms with Crippen LogP contribution in [0, 0.1) is 23.7 Å². The fourth-order valence-electron chi connectivity index (χ4n) is 3.19. The van der Waals surface area contributed by atoms with Gasteiger partial charge in [0, 0.05) is 0 Å². The molecule has 4 atom stereocenters. The standard InChI is InChI=1S/4C8H15O.2ClH.Zr/c4*1-3-5-6-8(4-2)7-9;;;/h4*8H,3-6H2,1-2H3;2*1H;/q4*-1;;;+2/p-2. The van der Waals surface area contributed by atoms with Crippen LogP contribution >= 0.6 is 0 Å². The number of carbonyl (C=O) groups excluding carboxylic acids is 4. The summed E-state index contributed by atoms with van der Waals surface area (Å²) in [4.78, 5) is 40.5. The molecule has 0 aliphatic rings. The van der Waals surface area contributed by atoms with E-state index in [9.17, 15) is 19.2 Å². The van der Waals surface area contributed by atoms with E-state index in [4.69, 9.17) is 0 Å². The third kappa shape index (κ3) is 48.2. The molecule has 39 heavy (non-hydrogen) atoms. The van der Waals surface area contributed by atoms with Gasteiger partial charge in [0.2, 0.25) is 0 Å². The first-order chi connectivity index (χ1) is 17.4. The molecule has 0 bridgehead atoms. The van der Waals surface area contributed by atoms with Crippen molar-refractivity contribution in [3.63, 3.8) is 0 Å². The van der Waals surface area contributed by atoms with Gasteiger partial charge in [0.05, 0.1) is 0 Å². The predicted octanol–water partition coefficient (Wildman–Crippen LogP) is 3.26. The molecule has 4 nitrogen and oxygen atoms in total. The molecule has 0 saturated carbocycles. The van der Waals surface area contributed by atoms with E-state index in [1.165, 1.54) is 25.7 Å². The van der Waals surface area contributed by atoms with Crippen molar-refractivity contribution in [1.82, 2.24) is 0 Å². The first-order valence-electron chi connectivity index (χ1n) is 14.9. The Hall–Kier alpha value is 0.143. The van der Waals surface area contributed by atoms with Crippen LogP contribution in [0.5, 0.6) is 0 Å². The molecule has 7 heteroatoms. The molecule has 0 fully saturated rings. The summed E-state index contributed by atoms with van der Waals surface area (Å²) in [7, 11) is 0. The SMILES string of the molecule is CCCCC([C-]=O)CC.CCCCC([C-]=O)CC.CCCCC([C-]=O)CC.CCCCC([C-]=O)CC.[Cl-].[Cl-].[Zr+2]. The van der Waals surface area contributed by atoms with E-state index in [1.807, 2.05) is 52.8 Å². The molecule has 0 aromatic heterocycles. The molecule has 4 unspecified atom stereocenters. The Morgan fingerprint density at radius 2 is 0.538 bits per heavy atom. The van der Waals surface area contributed by atoms with Gasteiger partial charge < -0.3 is 44.0 Å². The molecule has 0 N–H and O–H groups in total. The molecule has 0 aliphatic heterocycles. The van der Waals surface area contributed by atoms with Gasteiger partial charge in [-0.3, -0.25) is 25.1 Å². The average molecular weight is 671 g/mol. The fourth-order valence-corrected chi connectivity index (χ4v) is 3.19. The largest absolute Gasteiger partial charge is 2.00 e. The van der Waals surface area contributed by atoms with Crippen molar-refractivity contribution < 1.29 is 70.2 Å². The predicted molar refractivity (Wildman–Crippen MR) is 156 cm³/mol. The maximum atomic E-state index is 10.1. The molecule has 0 spiro atoms. The van der Waals surface area contributed by atoms with Gasteiger partial charge in [-0.1, -0.05) is 158 Å². The van der Waals surface area contributed by atoms with Crippen molar-refractivity contribution in [3.05, 3.63) is 0 Å². The summed E-state index contributed by atoms with van der Waals surface area (Å²) in [6.45, 7) is 16.7. The van der Waals surface area contributed by atoms with E-state index >= 15 is 0 Å². The number of rotatable bonds is 20. The van der Waals surface area contributed by atoms with Gasteiger partial charge in [-0.05, 0) is 0 Å². The van der Waals surface area contributed by atoms with Gasteiger partial charge >= 0.3 is 26.2 Å². The van der Waals surface area contributed by atoms with Crippen LogP contribution in [0.15, 0.2) is 0 Å². The van der Waals surface area contributed by atoms with Gasteiger partial charge in [-0.25, -0.2) is 0 Å². The molecule has 0 radical (unpaired) electrons. The summed E-state index contributed by atoms with van der Waals surface area (Å²) in [5.74, 6) is 0.796. The van der Waals surface area contributed by atoms with Crippen LogP contribution in [0.1, 0.15) is 158 Å². The van der Waals surface area contributed by atoms with Gasteiger partial charge in [-0.15, -0.1) is 23.7 Å². The first kappa shape index (κ1) is 55.1. The summed E-state index contributed by atoms with van der Waals surface area (Å²) in [5.41, 5.74) is 0. The Morgan fingerprint density at radius 1 is 0.385 bits per heavy atom. The van der Waals surface area contributed by atoms with E-state index in [0.717, 1.165) is 77.0 Å². The summed E-state index contributed by atoms with van der Waals surface area (Å²) < 4.78 is 0. The zero-order chi connectivity index (χ0) is 28.5. The molecule has 0 aromatic carbocycles. The van der Waals surface area contributed by atoms with Crippen molar-refractivity contribution in [1.29, 1.82) is 0 Å². The Morgan fingerprint density at radius 3 is 0.615 bits per heavy atom. The third-order valence-corrected chi connectivity index (χ3v) is 6.26. The van der Waals surface area contributed by atoms with Gasteiger partial charge in [0.15, 0.2) is 0 Å². The minimum absolute atomic E-state index is 0. The van der Waals surface area contributed by atoms with Crippen molar-refractivity contribution in [2.45, 2.75) is 158 Å². The number of halogens is 2. The first-order valence-corrected chi connectivity index (χ1v) is 14.9. The molecular weight excluding hydrogens is 610 g/mol. The van der Waals surface area contributed by atoms with Crippen LogP contribution < -0.4 is 24.8 Å². The van der Waals surface area contributed by atoms with E-state index in [2.05, 4.69) is 27.7 Å². The van der Waals surface area contributed by atoms with E-state index < -0.39 is 0 Å². The molecule has 0 saturated heterocycles. The number of hydrogen-bond donors (Lipinski definition) is 0. The van der Waals surface area contributed by atoms with Crippen molar-refractivity contribution in [3.8, 4) is 0 Å². The smallest absolute Gasteiger partial charge is 1.00 e. The van der Waals surface area contributed by atoms with E-state index in [0.29, 0.717) is 0 Å². The second kappa shape index (κ2) is 50.9. The number of unbranched alkanes of at least 4 members (excludes halogenated alkanes) is 4. The van der Waals surface area contributed by atoms with Gasteiger partial charge in [0.25, 0.3) is 0 Å². The molecule has 0 rings (SSSR count). The van der Waals surface area contributed by atoms with Gasteiger partial charge in [-0.2, -0.15) is 0 Å². The summed E-state index contributed by atoms with van der Waals surface area (Å²) in [5, 5.41) is 0. The monoisotopic (exact) mass is 668 g/mol. The Balaban J connectivity index is -0.0000000683. The van der Waals surface area contributed by atoms with Crippen LogP contribution in [-0.2, 0) is 45.4 Å². The molecule has 0 amide bonds. The third-order valence-electron chi connectivity index (χ3n) is 6.26. The molecular formula is C32H60Cl2O4Zr-4. The average Bonchev–Trinajstić information content (AvgIpc) is 2.92. The summed E-state index contributed by atoms with van der Waals surface area (Å²) in [6, 6.07) is 0. The summed E-state index contributed by atoms with van der Waals surface area (Å²) in [6.07, 6.45) is 25.4. The van der Waals surface area contributed by atoms with Crippen LogP contribution in [0.4, 0.5) is 0 Å². The second-order valence-corrected chi connectivity index (χ2v) is 9.46. The summed E-state index contributed by atoms with van der Waals surface area (Å²) >= 11 is 0. The minimum atomic E-state index is 0. The Bertz CT molecular complexity index is 374. The topological polar surface area (TPSA) is 68.3 Å². The maximum Gasteiger partial charge on any atom is 2.00 e. The second-order valence-electron chi connectivity index (χ2n) is 9.46. The van der Waals surface area contributed by atoms with Crippen molar-refractivity contribution in [2.75, 3.05) is 0 Å². The van der Waals surface area contributed by atoms with Gasteiger partial charge in [0.1, 0.15) is 0 Å². The van der Waals surface area contributed by atoms with Crippen LogP contribution in [-0.4, -0.2) is 25.1 Å². The Kier molecular flexibility index (Phi) is 72.0.